The molecule has 0 radical (unpaired) electrons. The fourth-order valence-corrected chi connectivity index (χ4v) is 2.29. The van der Waals surface area contributed by atoms with Crippen LogP contribution in [-0.4, -0.2) is 30.6 Å². The zero-order valence-corrected chi connectivity index (χ0v) is 13.3. The maximum Gasteiger partial charge on any atom is 0.258 e. The summed E-state index contributed by atoms with van der Waals surface area (Å²) >= 11 is 9.34. The molecular formula is C13H8BrClN6O. The van der Waals surface area contributed by atoms with Crippen molar-refractivity contribution < 1.29 is 4.79 Å². The highest BCUT2D eigenvalue weighted by molar-refractivity contribution is 9.10. The monoisotopic (exact) mass is 378 g/mol. The van der Waals surface area contributed by atoms with Gasteiger partial charge in [0.05, 0.1) is 10.6 Å². The zero-order chi connectivity index (χ0) is 15.5. The van der Waals surface area contributed by atoms with Crippen LogP contribution < -0.4 is 5.32 Å². The lowest BCUT2D eigenvalue weighted by molar-refractivity contribution is 0.102. The highest BCUT2D eigenvalue weighted by Crippen LogP contribution is 2.22. The number of nitrogens with one attached hydrogen (secondary N) is 1. The van der Waals surface area contributed by atoms with Gasteiger partial charge in [0, 0.05) is 10.5 Å². The maximum absolute atomic E-state index is 12.3. The van der Waals surface area contributed by atoms with Gasteiger partial charge in [-0.15, -0.1) is 0 Å². The van der Waals surface area contributed by atoms with Gasteiger partial charge in [0.15, 0.2) is 5.82 Å². The van der Waals surface area contributed by atoms with E-state index in [1.165, 1.54) is 23.7 Å². The molecule has 0 aliphatic rings. The van der Waals surface area contributed by atoms with E-state index < -0.39 is 0 Å². The van der Waals surface area contributed by atoms with Crippen molar-refractivity contribution in [2.45, 2.75) is 0 Å². The predicted octanol–water partition coefficient (Wildman–Crippen LogP) is 2.73. The molecule has 0 aliphatic carbocycles. The third-order valence-corrected chi connectivity index (χ3v) is 3.54. The first-order chi connectivity index (χ1) is 10.6. The summed E-state index contributed by atoms with van der Waals surface area (Å²) in [4.78, 5) is 24.2. The molecule has 1 aromatic carbocycles. The molecule has 0 bridgehead atoms. The van der Waals surface area contributed by atoms with Crippen molar-refractivity contribution >= 4 is 39.3 Å². The quantitative estimate of drug-likeness (QED) is 0.756. The summed E-state index contributed by atoms with van der Waals surface area (Å²) < 4.78 is 2.22. The summed E-state index contributed by atoms with van der Waals surface area (Å²) in [5, 5.41) is 6.99. The van der Waals surface area contributed by atoms with E-state index in [0.717, 1.165) is 4.47 Å². The minimum Gasteiger partial charge on any atom is -0.306 e. The van der Waals surface area contributed by atoms with Crippen molar-refractivity contribution in [3.8, 4) is 5.82 Å². The van der Waals surface area contributed by atoms with Gasteiger partial charge in [-0.1, -0.05) is 27.5 Å². The van der Waals surface area contributed by atoms with E-state index in [1.807, 2.05) is 0 Å². The summed E-state index contributed by atoms with van der Waals surface area (Å²) in [6.45, 7) is 0. The normalized spacial score (nSPS) is 10.5. The van der Waals surface area contributed by atoms with Gasteiger partial charge in [0.2, 0.25) is 0 Å². The van der Waals surface area contributed by atoms with Gasteiger partial charge in [-0.05, 0) is 18.2 Å². The van der Waals surface area contributed by atoms with Crippen LogP contribution in [0.4, 0.5) is 5.82 Å². The summed E-state index contributed by atoms with van der Waals surface area (Å²) in [5.41, 5.74) is 0.344. The van der Waals surface area contributed by atoms with E-state index in [0.29, 0.717) is 22.2 Å². The molecule has 110 valence electrons. The Morgan fingerprint density at radius 1 is 1.23 bits per heavy atom. The molecule has 3 rings (SSSR count). The van der Waals surface area contributed by atoms with Crippen LogP contribution in [-0.2, 0) is 0 Å². The molecule has 2 heterocycles. The average Bonchev–Trinajstić information content (AvgIpc) is 3.04. The minimum atomic E-state index is -0.366. The molecule has 1 amide bonds. The van der Waals surface area contributed by atoms with Crippen molar-refractivity contribution in [2.75, 3.05) is 5.32 Å². The number of anilines is 1. The summed E-state index contributed by atoms with van der Waals surface area (Å²) in [6, 6.07) is 6.61. The number of carbonyl (C=O) groups is 1. The first-order valence-corrected chi connectivity index (χ1v) is 7.24. The number of halogens is 2. The van der Waals surface area contributed by atoms with Crippen molar-refractivity contribution in [3.05, 3.63) is 58.3 Å². The van der Waals surface area contributed by atoms with E-state index in [9.17, 15) is 4.79 Å². The molecular weight excluding hydrogens is 372 g/mol. The molecule has 0 spiro atoms. The Kier molecular flexibility index (Phi) is 4.12. The largest absolute Gasteiger partial charge is 0.306 e. The molecule has 0 aliphatic heterocycles. The Morgan fingerprint density at radius 3 is 2.86 bits per heavy atom. The molecule has 22 heavy (non-hydrogen) atoms. The summed E-state index contributed by atoms with van der Waals surface area (Å²) in [6.07, 6.45) is 4.22. The summed E-state index contributed by atoms with van der Waals surface area (Å²) in [5.74, 6) is 0.458. The number of carbonyl (C=O) groups excluding carboxylic acids is 1. The number of aromatic nitrogens is 5. The van der Waals surface area contributed by atoms with Gasteiger partial charge < -0.3 is 5.32 Å². The predicted molar refractivity (Wildman–Crippen MR) is 84.1 cm³/mol. The molecule has 9 heteroatoms. The highest BCUT2D eigenvalue weighted by Gasteiger charge is 2.12. The van der Waals surface area contributed by atoms with Crippen LogP contribution in [0.5, 0.6) is 0 Å². The Labute approximate surface area is 138 Å². The first-order valence-electron chi connectivity index (χ1n) is 6.07. The van der Waals surface area contributed by atoms with Crippen molar-refractivity contribution in [2.24, 2.45) is 0 Å². The van der Waals surface area contributed by atoms with Crippen LogP contribution in [0.1, 0.15) is 10.4 Å². The smallest absolute Gasteiger partial charge is 0.258 e. The van der Waals surface area contributed by atoms with Gasteiger partial charge in [-0.25, -0.2) is 19.6 Å². The fourth-order valence-electron chi connectivity index (χ4n) is 1.72. The van der Waals surface area contributed by atoms with Gasteiger partial charge in [-0.2, -0.15) is 5.10 Å². The lowest BCUT2D eigenvalue weighted by atomic mass is 10.2. The van der Waals surface area contributed by atoms with Crippen LogP contribution in [0.3, 0.4) is 0 Å². The molecule has 0 fully saturated rings. The van der Waals surface area contributed by atoms with Crippen LogP contribution in [0.15, 0.2) is 47.7 Å². The third-order valence-electron chi connectivity index (χ3n) is 2.72. The number of hydrogen-bond acceptors (Lipinski definition) is 5. The molecule has 0 saturated heterocycles. The molecule has 0 saturated carbocycles. The van der Waals surface area contributed by atoms with Gasteiger partial charge >= 0.3 is 0 Å². The third kappa shape index (κ3) is 3.12. The second-order valence-electron chi connectivity index (χ2n) is 4.18. The Morgan fingerprint density at radius 2 is 2.09 bits per heavy atom. The standard InChI is InChI=1S/C13H8BrClN6O/c14-8-1-2-10(15)9(3-8)13(22)20-11-4-12(18-6-17-11)21-7-16-5-19-21/h1-7H,(H,17,18,20,22). The van der Waals surface area contributed by atoms with E-state index in [1.54, 1.807) is 24.3 Å². The molecule has 1 N–H and O–H groups in total. The fraction of sp³-hybridized carbons (Fsp3) is 0. The number of amides is 1. The van der Waals surface area contributed by atoms with Crippen LogP contribution in [0.25, 0.3) is 5.82 Å². The Hall–Kier alpha value is -2.32. The van der Waals surface area contributed by atoms with E-state index >= 15 is 0 Å². The molecule has 0 unspecified atom stereocenters. The molecule has 3 aromatic rings. The Balaban J connectivity index is 1.85. The van der Waals surface area contributed by atoms with Crippen LogP contribution in [0.2, 0.25) is 5.02 Å². The second-order valence-corrected chi connectivity index (χ2v) is 5.50. The van der Waals surface area contributed by atoms with Gasteiger partial charge in [-0.3, -0.25) is 4.79 Å². The molecule has 7 nitrogen and oxygen atoms in total. The Bertz CT molecular complexity index is 823. The van der Waals surface area contributed by atoms with Crippen LogP contribution >= 0.6 is 27.5 Å². The first kappa shape index (κ1) is 14.6. The lowest BCUT2D eigenvalue weighted by Crippen LogP contribution is -2.14. The highest BCUT2D eigenvalue weighted by atomic mass is 79.9. The second kappa shape index (κ2) is 6.20. The minimum absolute atomic E-state index is 0.335. The van der Waals surface area contributed by atoms with Crippen molar-refractivity contribution in [1.29, 1.82) is 0 Å². The van der Waals surface area contributed by atoms with Crippen molar-refractivity contribution in [3.63, 3.8) is 0 Å². The number of nitrogens with zero attached hydrogens (tertiary/aromatic N) is 5. The zero-order valence-electron chi connectivity index (χ0n) is 10.9. The van der Waals surface area contributed by atoms with E-state index in [-0.39, 0.29) is 5.91 Å². The number of hydrogen-bond donors (Lipinski definition) is 1. The molecule has 0 atom stereocenters. The number of rotatable bonds is 3. The lowest BCUT2D eigenvalue weighted by Gasteiger charge is -2.07. The van der Waals surface area contributed by atoms with Crippen molar-refractivity contribution in [1.82, 2.24) is 24.7 Å². The van der Waals surface area contributed by atoms with E-state index in [2.05, 4.69) is 41.3 Å². The molecule has 2 aromatic heterocycles. The topological polar surface area (TPSA) is 85.6 Å². The van der Waals surface area contributed by atoms with Crippen LogP contribution in [0, 0.1) is 0 Å². The summed E-state index contributed by atoms with van der Waals surface area (Å²) in [7, 11) is 0. The average molecular weight is 380 g/mol. The van der Waals surface area contributed by atoms with E-state index in [4.69, 9.17) is 11.6 Å². The number of benzene rings is 1. The van der Waals surface area contributed by atoms with Gasteiger partial charge in [0.1, 0.15) is 24.8 Å². The SMILES string of the molecule is O=C(Nc1cc(-n2cncn2)ncn1)c1cc(Br)ccc1Cl. The maximum atomic E-state index is 12.3. The van der Waals surface area contributed by atoms with Gasteiger partial charge in [0.25, 0.3) is 5.91 Å².